The van der Waals surface area contributed by atoms with Gasteiger partial charge in [-0.15, -0.1) is 0 Å². The van der Waals surface area contributed by atoms with Gasteiger partial charge in [0.15, 0.2) is 0 Å². The van der Waals surface area contributed by atoms with Crippen molar-refractivity contribution in [2.24, 2.45) is 17.8 Å². The Morgan fingerprint density at radius 3 is 2.26 bits per heavy atom. The first-order valence-corrected chi connectivity index (χ1v) is 10.5. The van der Waals surface area contributed by atoms with Crippen LogP contribution in [0.15, 0.2) is 60.7 Å². The molecule has 1 aliphatic carbocycles. The molecule has 4 rings (SSSR count). The summed E-state index contributed by atoms with van der Waals surface area (Å²) in [6, 6.07) is 10.8. The minimum absolute atomic E-state index is 0.0704. The molecule has 11 heteroatoms. The maximum absolute atomic E-state index is 13.6. The molecule has 2 aromatic rings. The molecule has 2 aromatic carbocycles. The maximum Gasteiger partial charge on any atom is 0.282 e. The van der Waals surface area contributed by atoms with E-state index in [1.807, 2.05) is 6.08 Å². The van der Waals surface area contributed by atoms with E-state index in [1.165, 1.54) is 42.5 Å². The number of carbonyl (C=O) groups is 3. The maximum atomic E-state index is 13.6. The van der Waals surface area contributed by atoms with Crippen molar-refractivity contribution in [1.29, 1.82) is 0 Å². The van der Waals surface area contributed by atoms with Gasteiger partial charge in [-0.3, -0.25) is 34.6 Å². The van der Waals surface area contributed by atoms with Crippen molar-refractivity contribution in [1.82, 2.24) is 10.0 Å². The van der Waals surface area contributed by atoms with Crippen LogP contribution in [-0.2, 0) is 16.1 Å². The van der Waals surface area contributed by atoms with Crippen LogP contribution in [0.25, 0.3) is 0 Å². The van der Waals surface area contributed by atoms with Gasteiger partial charge in [-0.2, -0.15) is 5.01 Å². The number of amides is 3. The van der Waals surface area contributed by atoms with E-state index in [4.69, 9.17) is 0 Å². The molecule has 3 atom stereocenters. The smallest absolute Gasteiger partial charge is 0.272 e. The van der Waals surface area contributed by atoms with E-state index in [9.17, 15) is 34.6 Å². The van der Waals surface area contributed by atoms with Crippen LogP contribution in [0.4, 0.5) is 11.4 Å². The zero-order valence-corrected chi connectivity index (χ0v) is 18.1. The molecule has 1 fully saturated rings. The molecule has 1 saturated heterocycles. The second kappa shape index (κ2) is 8.85. The molecule has 0 saturated carbocycles. The summed E-state index contributed by atoms with van der Waals surface area (Å²) in [5.74, 6) is -3.83. The van der Waals surface area contributed by atoms with E-state index in [-0.39, 0.29) is 22.7 Å². The van der Waals surface area contributed by atoms with Crippen molar-refractivity contribution in [3.8, 4) is 0 Å². The van der Waals surface area contributed by atoms with Gasteiger partial charge in [-0.25, -0.2) is 5.01 Å². The Hall–Kier alpha value is -4.41. The van der Waals surface area contributed by atoms with Crippen LogP contribution in [0.2, 0.25) is 0 Å². The molecule has 0 spiro atoms. The van der Waals surface area contributed by atoms with Crippen molar-refractivity contribution in [2.45, 2.75) is 19.9 Å². The molecule has 174 valence electrons. The zero-order valence-electron chi connectivity index (χ0n) is 18.1. The summed E-state index contributed by atoms with van der Waals surface area (Å²) < 4.78 is 0. The van der Waals surface area contributed by atoms with Gasteiger partial charge < -0.3 is 0 Å². The van der Waals surface area contributed by atoms with E-state index >= 15 is 0 Å². The Kier molecular flexibility index (Phi) is 5.93. The monoisotopic (exact) mass is 464 g/mol. The highest BCUT2D eigenvalue weighted by atomic mass is 16.6. The number of imide groups is 1. The molecular weight excluding hydrogens is 444 g/mol. The molecule has 1 heterocycles. The molecule has 2 aliphatic rings. The Morgan fingerprint density at radius 1 is 1.00 bits per heavy atom. The number of hydrazine groups is 1. The summed E-state index contributed by atoms with van der Waals surface area (Å²) in [6.45, 7) is 1.29. The molecule has 0 N–H and O–H groups in total. The van der Waals surface area contributed by atoms with Gasteiger partial charge >= 0.3 is 0 Å². The van der Waals surface area contributed by atoms with E-state index in [0.29, 0.717) is 11.4 Å². The lowest BCUT2D eigenvalue weighted by Crippen LogP contribution is -2.50. The van der Waals surface area contributed by atoms with Gasteiger partial charge in [0.1, 0.15) is 5.56 Å². The van der Waals surface area contributed by atoms with Crippen LogP contribution in [-0.4, -0.2) is 37.6 Å². The number of benzene rings is 2. The molecule has 11 nitrogen and oxygen atoms in total. The fourth-order valence-electron chi connectivity index (χ4n) is 4.54. The fourth-order valence-corrected chi connectivity index (χ4v) is 4.54. The summed E-state index contributed by atoms with van der Waals surface area (Å²) in [7, 11) is 0. The highest BCUT2D eigenvalue weighted by Gasteiger charge is 2.53. The standard InChI is InChI=1S/C23H20N4O7/c1-14-7-6-10-17-20(14)23(30)25(22(17)29)24(13-15-8-2-4-11-18(15)26(31)32)21(28)16-9-3-5-12-19(16)27(33)34/h2-9,11-12,14,17,20H,10,13H2,1H3/t14-,17+,20-/m1/s1. The number of nitro groups is 2. The molecule has 0 radical (unpaired) electrons. The average molecular weight is 464 g/mol. The topological polar surface area (TPSA) is 144 Å². The van der Waals surface area contributed by atoms with Crippen LogP contribution in [0.1, 0.15) is 29.3 Å². The average Bonchev–Trinajstić information content (AvgIpc) is 3.08. The lowest BCUT2D eigenvalue weighted by atomic mass is 9.78. The number of rotatable bonds is 6. The van der Waals surface area contributed by atoms with Gasteiger partial charge in [-0.1, -0.05) is 49.4 Å². The summed E-state index contributed by atoms with van der Waals surface area (Å²) >= 11 is 0. The largest absolute Gasteiger partial charge is 0.282 e. The number of nitrogens with zero attached hydrogens (tertiary/aromatic N) is 4. The molecule has 1 aliphatic heterocycles. The zero-order chi connectivity index (χ0) is 24.6. The van der Waals surface area contributed by atoms with Gasteiger partial charge in [0.2, 0.25) is 0 Å². The van der Waals surface area contributed by atoms with Gasteiger partial charge in [-0.05, 0) is 18.4 Å². The molecule has 0 aromatic heterocycles. The molecular formula is C23H20N4O7. The predicted molar refractivity (Wildman–Crippen MR) is 118 cm³/mol. The number of para-hydroxylation sites is 2. The Bertz CT molecular complexity index is 1240. The van der Waals surface area contributed by atoms with Crippen molar-refractivity contribution in [3.05, 3.63) is 92.0 Å². The highest BCUT2D eigenvalue weighted by molar-refractivity contribution is 6.08. The number of nitro benzene ring substituents is 2. The molecule has 34 heavy (non-hydrogen) atoms. The fraction of sp³-hybridized carbons (Fsp3) is 0.261. The molecule has 3 amide bonds. The third-order valence-corrected chi connectivity index (χ3v) is 6.16. The summed E-state index contributed by atoms with van der Waals surface area (Å²) in [5.41, 5.74) is -1.09. The van der Waals surface area contributed by atoms with Crippen molar-refractivity contribution >= 4 is 29.1 Å². The van der Waals surface area contributed by atoms with E-state index in [0.717, 1.165) is 11.1 Å². The first kappa shape index (κ1) is 22.8. The van der Waals surface area contributed by atoms with Gasteiger partial charge in [0.25, 0.3) is 29.1 Å². The van der Waals surface area contributed by atoms with E-state index in [2.05, 4.69) is 0 Å². The quantitative estimate of drug-likeness (QED) is 0.276. The van der Waals surface area contributed by atoms with Crippen molar-refractivity contribution in [3.63, 3.8) is 0 Å². The minimum atomic E-state index is -0.980. The van der Waals surface area contributed by atoms with Crippen molar-refractivity contribution < 1.29 is 24.2 Å². The van der Waals surface area contributed by atoms with Crippen LogP contribution in [0.5, 0.6) is 0 Å². The number of carbonyl (C=O) groups excluding carboxylic acids is 3. The van der Waals surface area contributed by atoms with Gasteiger partial charge in [0, 0.05) is 12.1 Å². The summed E-state index contributed by atoms with van der Waals surface area (Å²) in [5, 5.41) is 24.6. The SMILES string of the molecule is C[C@@H]1C=CC[C@@H]2C(=O)N(N(Cc3ccccc3[N+](=O)[O-])C(=O)c3ccccc3[N+](=O)[O-])C(=O)[C@H]12. The van der Waals surface area contributed by atoms with Crippen LogP contribution < -0.4 is 0 Å². The lowest BCUT2D eigenvalue weighted by Gasteiger charge is -2.30. The summed E-state index contributed by atoms with van der Waals surface area (Å²) in [6.07, 6.45) is 3.94. The highest BCUT2D eigenvalue weighted by Crippen LogP contribution is 2.40. The minimum Gasteiger partial charge on any atom is -0.272 e. The molecule has 0 bridgehead atoms. The van der Waals surface area contributed by atoms with E-state index < -0.39 is 51.6 Å². The Balaban J connectivity index is 1.82. The molecule has 0 unspecified atom stereocenters. The second-order valence-electron chi connectivity index (χ2n) is 8.17. The summed E-state index contributed by atoms with van der Waals surface area (Å²) in [4.78, 5) is 62.0. The number of allylic oxidation sites excluding steroid dienone is 2. The number of hydrogen-bond donors (Lipinski definition) is 0. The van der Waals surface area contributed by atoms with E-state index in [1.54, 1.807) is 13.0 Å². The predicted octanol–water partition coefficient (Wildman–Crippen LogP) is 3.26. The second-order valence-corrected chi connectivity index (χ2v) is 8.17. The first-order chi connectivity index (χ1) is 16.2. The third kappa shape index (κ3) is 3.81. The van der Waals surface area contributed by atoms with Crippen LogP contribution in [0.3, 0.4) is 0 Å². The Morgan fingerprint density at radius 2 is 1.62 bits per heavy atom. The third-order valence-electron chi connectivity index (χ3n) is 6.16. The van der Waals surface area contributed by atoms with Crippen LogP contribution >= 0.6 is 0 Å². The number of fused-ring (bicyclic) bond motifs is 1. The Labute approximate surface area is 193 Å². The van der Waals surface area contributed by atoms with Gasteiger partial charge in [0.05, 0.1) is 33.8 Å². The van der Waals surface area contributed by atoms with Crippen molar-refractivity contribution in [2.75, 3.05) is 0 Å². The van der Waals surface area contributed by atoms with Crippen LogP contribution in [0, 0.1) is 38.0 Å². The first-order valence-electron chi connectivity index (χ1n) is 10.5. The lowest BCUT2D eigenvalue weighted by molar-refractivity contribution is -0.385. The normalized spacial score (nSPS) is 21.3. The number of hydrogen-bond acceptors (Lipinski definition) is 7.